The molecular weight excluding hydrogens is 396 g/mol. The normalized spacial score (nSPS) is 25.9. The van der Waals surface area contributed by atoms with Gasteiger partial charge in [-0.2, -0.15) is 0 Å². The predicted octanol–water partition coefficient (Wildman–Crippen LogP) is 7.58. The highest BCUT2D eigenvalue weighted by molar-refractivity contribution is 5.91. The van der Waals surface area contributed by atoms with E-state index >= 15 is 0 Å². The Balaban J connectivity index is 1.43. The lowest BCUT2D eigenvalue weighted by molar-refractivity contribution is -0.130. The van der Waals surface area contributed by atoms with Gasteiger partial charge in [-0.15, -0.1) is 0 Å². The van der Waals surface area contributed by atoms with Crippen molar-refractivity contribution in [2.24, 2.45) is 17.8 Å². The maximum atomic E-state index is 12.2. The summed E-state index contributed by atoms with van der Waals surface area (Å²) in [5.41, 5.74) is 2.49. The number of rotatable bonds is 9. The van der Waals surface area contributed by atoms with Crippen molar-refractivity contribution in [2.45, 2.75) is 104 Å². The lowest BCUT2D eigenvalue weighted by Gasteiger charge is -2.38. The number of ether oxygens (including phenoxy) is 1. The van der Waals surface area contributed by atoms with E-state index in [4.69, 9.17) is 4.74 Å². The fraction of sp³-hybridized carbons (Fsp3) is 0.690. The second kappa shape index (κ2) is 12.6. The molecule has 1 N–H and O–H groups in total. The van der Waals surface area contributed by atoms with E-state index in [2.05, 4.69) is 19.1 Å². The van der Waals surface area contributed by atoms with Crippen molar-refractivity contribution in [3.8, 4) is 5.75 Å². The molecule has 0 bridgehead atoms. The molecule has 2 fully saturated rings. The van der Waals surface area contributed by atoms with Crippen molar-refractivity contribution in [1.82, 2.24) is 0 Å². The SMILES string of the molecule is CCCCCC1CCC(C2CCC(c3ccc(OC(=O)C(CO)=C(C)C)cc3)CC2)CC1. The quantitative estimate of drug-likeness (QED) is 0.186. The van der Waals surface area contributed by atoms with Crippen LogP contribution in [-0.2, 0) is 4.79 Å². The zero-order valence-electron chi connectivity index (χ0n) is 20.6. The highest BCUT2D eigenvalue weighted by Crippen LogP contribution is 2.44. The molecule has 0 unspecified atom stereocenters. The molecule has 32 heavy (non-hydrogen) atoms. The zero-order chi connectivity index (χ0) is 22.9. The van der Waals surface area contributed by atoms with Crippen molar-refractivity contribution in [2.75, 3.05) is 6.61 Å². The number of hydrogen-bond donors (Lipinski definition) is 1. The van der Waals surface area contributed by atoms with Crippen LogP contribution in [0.3, 0.4) is 0 Å². The molecule has 0 atom stereocenters. The Bertz CT molecular complexity index is 728. The molecule has 3 heteroatoms. The van der Waals surface area contributed by atoms with Crippen molar-refractivity contribution >= 4 is 5.97 Å². The number of esters is 1. The number of hydrogen-bond acceptors (Lipinski definition) is 3. The van der Waals surface area contributed by atoms with Crippen LogP contribution in [0.2, 0.25) is 0 Å². The molecule has 0 saturated heterocycles. The standard InChI is InChI=1S/C29H44O3/c1-4-5-6-7-22-8-10-23(11-9-22)24-12-14-25(15-13-24)26-16-18-27(19-17-26)32-29(31)28(20-30)21(2)3/h16-19,22-25,30H,4-15,20H2,1-3H3. The number of allylic oxidation sites excluding steroid dienone is 1. The van der Waals surface area contributed by atoms with Gasteiger partial charge in [0.25, 0.3) is 0 Å². The third-order valence-corrected chi connectivity index (χ3v) is 8.12. The van der Waals surface area contributed by atoms with E-state index < -0.39 is 5.97 Å². The third kappa shape index (κ3) is 6.94. The van der Waals surface area contributed by atoms with E-state index in [1.165, 1.54) is 82.6 Å². The summed E-state index contributed by atoms with van der Waals surface area (Å²) in [6.07, 6.45) is 16.8. The van der Waals surface area contributed by atoms with Crippen LogP contribution < -0.4 is 4.74 Å². The largest absolute Gasteiger partial charge is 0.423 e. The van der Waals surface area contributed by atoms with Crippen molar-refractivity contribution < 1.29 is 14.6 Å². The Labute approximate surface area is 195 Å². The summed E-state index contributed by atoms with van der Waals surface area (Å²) in [4.78, 5) is 12.2. The first-order chi connectivity index (χ1) is 15.5. The highest BCUT2D eigenvalue weighted by atomic mass is 16.5. The van der Waals surface area contributed by atoms with Crippen LogP contribution in [0.4, 0.5) is 0 Å². The van der Waals surface area contributed by atoms with Gasteiger partial charge < -0.3 is 9.84 Å². The summed E-state index contributed by atoms with van der Waals surface area (Å²) < 4.78 is 5.45. The van der Waals surface area contributed by atoms with Gasteiger partial charge in [0.15, 0.2) is 0 Å². The minimum absolute atomic E-state index is 0.289. The van der Waals surface area contributed by atoms with Crippen LogP contribution in [0.25, 0.3) is 0 Å². The molecule has 0 heterocycles. The summed E-state index contributed by atoms with van der Waals surface area (Å²) in [6.45, 7) is 5.63. The van der Waals surface area contributed by atoms with E-state index in [1.54, 1.807) is 0 Å². The van der Waals surface area contributed by atoms with E-state index in [-0.39, 0.29) is 6.61 Å². The average Bonchev–Trinajstić information content (AvgIpc) is 2.80. The number of aliphatic hydroxyl groups is 1. The summed E-state index contributed by atoms with van der Waals surface area (Å²) in [5.74, 6) is 3.63. The van der Waals surface area contributed by atoms with Gasteiger partial charge in [-0.3, -0.25) is 0 Å². The highest BCUT2D eigenvalue weighted by Gasteiger charge is 2.31. The Morgan fingerprint density at radius 1 is 0.906 bits per heavy atom. The van der Waals surface area contributed by atoms with Gasteiger partial charge in [0.2, 0.25) is 0 Å². The molecule has 2 saturated carbocycles. The molecule has 1 aromatic carbocycles. The first-order valence-corrected chi connectivity index (χ1v) is 13.1. The van der Waals surface area contributed by atoms with Crippen LogP contribution in [0.5, 0.6) is 5.75 Å². The molecule has 3 rings (SSSR count). The van der Waals surface area contributed by atoms with Gasteiger partial charge in [-0.25, -0.2) is 4.79 Å². The molecule has 0 spiro atoms. The van der Waals surface area contributed by atoms with E-state index in [0.717, 1.165) is 23.3 Å². The van der Waals surface area contributed by atoms with Crippen LogP contribution in [0.15, 0.2) is 35.4 Å². The van der Waals surface area contributed by atoms with Crippen LogP contribution in [0.1, 0.15) is 109 Å². The number of unbranched alkanes of at least 4 members (excludes halogenated alkanes) is 2. The zero-order valence-corrected chi connectivity index (χ0v) is 20.6. The number of carbonyl (C=O) groups is 1. The van der Waals surface area contributed by atoms with Gasteiger partial charge in [0, 0.05) is 0 Å². The monoisotopic (exact) mass is 440 g/mol. The summed E-state index contributed by atoms with van der Waals surface area (Å²) in [6, 6.07) is 8.05. The predicted molar refractivity (Wildman–Crippen MR) is 132 cm³/mol. The number of aliphatic hydroxyl groups excluding tert-OH is 1. The van der Waals surface area contributed by atoms with Crippen LogP contribution in [0, 0.1) is 17.8 Å². The smallest absolute Gasteiger partial charge is 0.341 e. The summed E-state index contributed by atoms with van der Waals surface area (Å²) in [5, 5.41) is 9.37. The number of benzene rings is 1. The molecule has 2 aliphatic rings. The molecule has 0 aromatic heterocycles. The Morgan fingerprint density at radius 2 is 1.50 bits per heavy atom. The molecule has 2 aliphatic carbocycles. The third-order valence-electron chi connectivity index (χ3n) is 8.12. The van der Waals surface area contributed by atoms with E-state index in [1.807, 2.05) is 26.0 Å². The molecule has 0 radical (unpaired) electrons. The summed E-state index contributed by atoms with van der Waals surface area (Å²) >= 11 is 0. The van der Waals surface area contributed by atoms with E-state index in [0.29, 0.717) is 17.2 Å². The van der Waals surface area contributed by atoms with Gasteiger partial charge >= 0.3 is 5.97 Å². The second-order valence-corrected chi connectivity index (χ2v) is 10.5. The minimum atomic E-state index is -0.458. The van der Waals surface area contributed by atoms with Crippen LogP contribution >= 0.6 is 0 Å². The van der Waals surface area contributed by atoms with Gasteiger partial charge in [0.1, 0.15) is 5.75 Å². The topological polar surface area (TPSA) is 46.5 Å². The fourth-order valence-corrected chi connectivity index (χ4v) is 5.96. The second-order valence-electron chi connectivity index (χ2n) is 10.5. The fourth-order valence-electron chi connectivity index (χ4n) is 5.96. The lowest BCUT2D eigenvalue weighted by atomic mass is 9.68. The van der Waals surface area contributed by atoms with Crippen molar-refractivity contribution in [1.29, 1.82) is 0 Å². The Kier molecular flexibility index (Phi) is 9.84. The Hall–Kier alpha value is -1.61. The van der Waals surface area contributed by atoms with Crippen molar-refractivity contribution in [3.05, 3.63) is 41.0 Å². The average molecular weight is 441 g/mol. The maximum Gasteiger partial charge on any atom is 0.341 e. The van der Waals surface area contributed by atoms with Gasteiger partial charge in [-0.1, -0.05) is 63.2 Å². The molecule has 178 valence electrons. The first kappa shape index (κ1) is 25.0. The van der Waals surface area contributed by atoms with Gasteiger partial charge in [0.05, 0.1) is 12.2 Å². The lowest BCUT2D eigenvalue weighted by Crippen LogP contribution is -2.25. The molecular formula is C29H44O3. The number of carbonyl (C=O) groups excluding carboxylic acids is 1. The molecule has 0 aliphatic heterocycles. The minimum Gasteiger partial charge on any atom is -0.423 e. The van der Waals surface area contributed by atoms with Gasteiger partial charge in [-0.05, 0) is 93.7 Å². The first-order valence-electron chi connectivity index (χ1n) is 13.1. The van der Waals surface area contributed by atoms with Crippen LogP contribution in [-0.4, -0.2) is 17.7 Å². The molecule has 0 amide bonds. The van der Waals surface area contributed by atoms with Crippen molar-refractivity contribution in [3.63, 3.8) is 0 Å². The van der Waals surface area contributed by atoms with E-state index in [9.17, 15) is 9.90 Å². The molecule has 1 aromatic rings. The maximum absolute atomic E-state index is 12.2. The Morgan fingerprint density at radius 3 is 2.03 bits per heavy atom. The summed E-state index contributed by atoms with van der Waals surface area (Å²) in [7, 11) is 0. The molecule has 3 nitrogen and oxygen atoms in total.